The van der Waals surface area contributed by atoms with E-state index >= 15 is 0 Å². The van der Waals surface area contributed by atoms with E-state index in [4.69, 9.17) is 36.8 Å². The van der Waals surface area contributed by atoms with E-state index in [1.165, 1.54) is 6.07 Å². The summed E-state index contributed by atoms with van der Waals surface area (Å²) in [6.45, 7) is 0. The first-order valence-corrected chi connectivity index (χ1v) is 11.8. The van der Waals surface area contributed by atoms with Crippen molar-refractivity contribution >= 4 is 43.2 Å². The fourth-order valence-electron chi connectivity index (χ4n) is 1.83. The van der Waals surface area contributed by atoms with E-state index < -0.39 is 20.8 Å². The predicted molar refractivity (Wildman–Crippen MR) is 95.7 cm³/mol. The molecule has 1 atom stereocenters. The van der Waals surface area contributed by atoms with Crippen LogP contribution in [0.25, 0.3) is 0 Å². The molecule has 0 aliphatic carbocycles. The fraction of sp³-hybridized carbons (Fsp3) is 0.0714. The molecule has 0 saturated heterocycles. The Kier molecular flexibility index (Phi) is 6.64. The van der Waals surface area contributed by atoms with E-state index in [2.05, 4.69) is 4.52 Å². The molecule has 0 bridgehead atoms. The van der Waals surface area contributed by atoms with Gasteiger partial charge in [-0.15, -0.1) is 0 Å². The summed E-state index contributed by atoms with van der Waals surface area (Å²) in [5.74, 6) is 0.117. The van der Waals surface area contributed by atoms with Crippen LogP contribution >= 0.6 is 37.3 Å². The van der Waals surface area contributed by atoms with E-state index in [1.54, 1.807) is 42.5 Å². The fourth-order valence-corrected chi connectivity index (χ4v) is 4.03. The van der Waals surface area contributed by atoms with Gasteiger partial charge in [0.1, 0.15) is 11.3 Å². The van der Waals surface area contributed by atoms with Crippen LogP contribution < -0.4 is 4.52 Å². The van der Waals surface area contributed by atoms with Crippen LogP contribution in [0, 0.1) is 0 Å². The van der Waals surface area contributed by atoms with E-state index in [1.807, 2.05) is 0 Å². The van der Waals surface area contributed by atoms with Gasteiger partial charge in [0.15, 0.2) is 0 Å². The normalized spacial score (nSPS) is 16.8. The Labute approximate surface area is 149 Å². The van der Waals surface area contributed by atoms with Gasteiger partial charge in [-0.05, 0) is 23.4 Å². The molecule has 0 aromatic heterocycles. The average Bonchev–Trinajstić information content (AvgIpc) is 2.49. The third-order valence-corrected chi connectivity index (χ3v) is 5.13. The van der Waals surface area contributed by atoms with Crippen molar-refractivity contribution in [2.45, 2.75) is 6.16 Å². The van der Waals surface area contributed by atoms with E-state index in [9.17, 15) is 9.90 Å². The van der Waals surface area contributed by atoms with Crippen molar-refractivity contribution in [3.63, 3.8) is 0 Å². The Morgan fingerprint density at radius 2 is 1.67 bits per heavy atom. The van der Waals surface area contributed by atoms with Crippen molar-refractivity contribution in [3.05, 3.63) is 59.7 Å². The summed E-state index contributed by atoms with van der Waals surface area (Å²) in [6.07, 6.45) is -0.0682. The third-order valence-electron chi connectivity index (χ3n) is 2.84. The monoisotopic (exact) mass is 410 g/mol. The van der Waals surface area contributed by atoms with Gasteiger partial charge in [0.25, 0.3) is 0 Å². The number of aromatic hydroxyl groups is 1. The molecule has 1 heterocycles. The number of para-hydroxylation sites is 2. The van der Waals surface area contributed by atoms with Gasteiger partial charge in [0.2, 0.25) is 0 Å². The molecule has 1 aliphatic rings. The van der Waals surface area contributed by atoms with Crippen LogP contribution in [0.2, 0.25) is 0 Å². The van der Waals surface area contributed by atoms with Crippen molar-refractivity contribution < 1.29 is 28.7 Å². The molecule has 0 amide bonds. The number of phenolic OH excluding ortho intramolecular Hbond substituents is 1. The molecule has 130 valence electrons. The minimum absolute atomic E-state index is 0.0399. The van der Waals surface area contributed by atoms with Crippen LogP contribution in [0.3, 0.4) is 0 Å². The zero-order valence-electron chi connectivity index (χ0n) is 12.1. The predicted octanol–water partition coefficient (Wildman–Crippen LogP) is 4.31. The number of rotatable bonds is 2. The Bertz CT molecular complexity index is 722. The molecule has 0 radical (unpaired) electrons. The summed E-state index contributed by atoms with van der Waals surface area (Å²) in [5, 5.41) is 9.22. The molecule has 2 aromatic carbocycles. The van der Waals surface area contributed by atoms with Crippen LogP contribution in [0.1, 0.15) is 15.9 Å². The van der Waals surface area contributed by atoms with Crippen LogP contribution in [0.4, 0.5) is 0 Å². The summed E-state index contributed by atoms with van der Waals surface area (Å²) in [5.41, 5.74) is 0.890. The number of carbonyl (C=O) groups is 1. The van der Waals surface area contributed by atoms with Gasteiger partial charge in [-0.3, -0.25) is 0 Å². The summed E-state index contributed by atoms with van der Waals surface area (Å²) in [4.78, 5) is 29.0. The van der Waals surface area contributed by atoms with Crippen LogP contribution in [0.5, 0.6) is 11.5 Å². The first-order valence-electron chi connectivity index (χ1n) is 6.62. The van der Waals surface area contributed by atoms with Crippen LogP contribution in [0.15, 0.2) is 48.5 Å². The number of hydrogen-bond donors (Lipinski definition) is 3. The number of hydrogen-bond acceptors (Lipinski definition) is 6. The van der Waals surface area contributed by atoms with Gasteiger partial charge in [-0.1, -0.05) is 12.1 Å². The molecular weight excluding hydrogens is 397 g/mol. The molecule has 1 unspecified atom stereocenters. The first-order chi connectivity index (χ1) is 11.3. The van der Waals surface area contributed by atoms with Crippen LogP contribution in [-0.2, 0) is 10.7 Å². The van der Waals surface area contributed by atoms with Crippen molar-refractivity contribution in [2.75, 3.05) is 0 Å². The molecule has 10 heteroatoms. The SMILES string of the molecule is O=C1OP(Cl)Oc2ccccc21.Oc1ccccc1C[PH](O)(O)Cl. The van der Waals surface area contributed by atoms with Crippen molar-refractivity contribution in [1.29, 1.82) is 0 Å². The van der Waals surface area contributed by atoms with Gasteiger partial charge in [-0.25, -0.2) is 4.79 Å². The second-order valence-corrected chi connectivity index (χ2v) is 9.93. The second-order valence-electron chi connectivity index (χ2n) is 4.70. The minimum atomic E-state index is -3.62. The standard InChI is InChI=1S/C7H4ClO3P.C7H10ClO3P/c8-12-10-6-4-2-1-3-5(6)7(9)11-12;8-12(10,11)5-6-3-1-2-4-7(6)9/h1-4H;1-4,9-12H,5H2. The zero-order chi connectivity index (χ0) is 17.7. The molecule has 0 spiro atoms. The summed E-state index contributed by atoms with van der Waals surface area (Å²) in [6, 6.07) is 13.3. The molecule has 2 aromatic rings. The topological polar surface area (TPSA) is 96.2 Å². The van der Waals surface area contributed by atoms with Crippen LogP contribution in [-0.4, -0.2) is 20.9 Å². The van der Waals surface area contributed by atoms with Crippen molar-refractivity contribution in [1.82, 2.24) is 0 Å². The quantitative estimate of drug-likeness (QED) is 0.638. The maximum absolute atomic E-state index is 11.1. The first kappa shape index (κ1) is 19.2. The van der Waals surface area contributed by atoms with E-state index in [0.29, 0.717) is 16.9 Å². The van der Waals surface area contributed by atoms with E-state index in [-0.39, 0.29) is 11.9 Å². The van der Waals surface area contributed by atoms with Crippen molar-refractivity contribution in [2.24, 2.45) is 0 Å². The van der Waals surface area contributed by atoms with E-state index in [0.717, 1.165) is 0 Å². The number of benzene rings is 2. The summed E-state index contributed by atoms with van der Waals surface area (Å²) < 4.78 is 9.77. The zero-order valence-corrected chi connectivity index (χ0v) is 15.5. The average molecular weight is 411 g/mol. The third kappa shape index (κ3) is 5.75. The number of phenols is 1. The van der Waals surface area contributed by atoms with Gasteiger partial charge < -0.3 is 9.05 Å². The molecule has 3 rings (SSSR count). The Balaban J connectivity index is 0.000000174. The van der Waals surface area contributed by atoms with Gasteiger partial charge in [-0.2, -0.15) is 0 Å². The van der Waals surface area contributed by atoms with Gasteiger partial charge in [0.05, 0.1) is 0 Å². The molecule has 24 heavy (non-hydrogen) atoms. The molecule has 6 nitrogen and oxygen atoms in total. The van der Waals surface area contributed by atoms with Crippen molar-refractivity contribution in [3.8, 4) is 11.5 Å². The summed E-state index contributed by atoms with van der Waals surface area (Å²) >= 11 is 10.8. The number of fused-ring (bicyclic) bond motifs is 1. The molecule has 0 saturated carbocycles. The van der Waals surface area contributed by atoms with Gasteiger partial charge >= 0.3 is 88.6 Å². The maximum atomic E-state index is 11.1. The molecule has 1 aliphatic heterocycles. The molecular formula is C14H14Cl2O6P2. The Hall–Kier alpha value is -1.13. The number of halogens is 2. The second kappa shape index (κ2) is 8.30. The molecule has 0 fully saturated rings. The van der Waals surface area contributed by atoms with Gasteiger partial charge in [0, 0.05) is 0 Å². The molecule has 3 N–H and O–H groups in total. The Morgan fingerprint density at radius 3 is 2.33 bits per heavy atom. The summed E-state index contributed by atoms with van der Waals surface area (Å²) in [7, 11) is -5.21. The Morgan fingerprint density at radius 1 is 1.04 bits per heavy atom. The number of carbonyl (C=O) groups excluding carboxylic acids is 1.